The molecular formula is C12H22N2OS. The summed E-state index contributed by atoms with van der Waals surface area (Å²) < 4.78 is 5.67. The van der Waals surface area contributed by atoms with E-state index in [1.54, 1.807) is 11.3 Å². The van der Waals surface area contributed by atoms with Crippen LogP contribution in [0.1, 0.15) is 31.6 Å². The third-order valence-corrected chi connectivity index (χ3v) is 3.66. The fourth-order valence-electron chi connectivity index (χ4n) is 1.86. The summed E-state index contributed by atoms with van der Waals surface area (Å²) in [5.74, 6) is 5.59. The molecule has 3 N–H and O–H groups in total. The summed E-state index contributed by atoms with van der Waals surface area (Å²) in [7, 11) is 0. The Morgan fingerprint density at radius 2 is 2.31 bits per heavy atom. The molecule has 0 saturated heterocycles. The molecule has 2 unspecified atom stereocenters. The van der Waals surface area contributed by atoms with Crippen molar-refractivity contribution in [3.05, 3.63) is 22.4 Å². The maximum absolute atomic E-state index is 5.67. The normalized spacial score (nSPS) is 14.9. The Labute approximate surface area is 102 Å². The van der Waals surface area contributed by atoms with Gasteiger partial charge in [-0.2, -0.15) is 0 Å². The fourth-order valence-corrected chi connectivity index (χ4v) is 2.59. The minimum atomic E-state index is 0.218. The van der Waals surface area contributed by atoms with Crippen molar-refractivity contribution in [2.75, 3.05) is 6.61 Å². The highest BCUT2D eigenvalue weighted by atomic mass is 32.1. The lowest BCUT2D eigenvalue weighted by molar-refractivity contribution is 0.0298. The molecule has 2 atom stereocenters. The van der Waals surface area contributed by atoms with Gasteiger partial charge in [-0.1, -0.05) is 13.0 Å². The van der Waals surface area contributed by atoms with Crippen molar-refractivity contribution in [2.24, 2.45) is 5.84 Å². The van der Waals surface area contributed by atoms with Crippen LogP contribution in [-0.2, 0) is 11.2 Å². The van der Waals surface area contributed by atoms with Crippen molar-refractivity contribution in [1.82, 2.24) is 5.43 Å². The summed E-state index contributed by atoms with van der Waals surface area (Å²) in [6.07, 6.45) is 3.30. The molecule has 0 bridgehead atoms. The van der Waals surface area contributed by atoms with Crippen LogP contribution in [0.3, 0.4) is 0 Å². The van der Waals surface area contributed by atoms with Gasteiger partial charge in [0.15, 0.2) is 0 Å². The summed E-state index contributed by atoms with van der Waals surface area (Å²) in [6, 6.07) is 4.50. The second kappa shape index (κ2) is 7.79. The van der Waals surface area contributed by atoms with E-state index in [0.717, 1.165) is 25.9 Å². The van der Waals surface area contributed by atoms with Gasteiger partial charge in [-0.25, -0.2) is 0 Å². The highest BCUT2D eigenvalue weighted by Crippen LogP contribution is 2.15. The molecule has 0 aliphatic carbocycles. The molecule has 4 heteroatoms. The van der Waals surface area contributed by atoms with E-state index in [-0.39, 0.29) is 12.1 Å². The zero-order valence-corrected chi connectivity index (χ0v) is 10.9. The van der Waals surface area contributed by atoms with Crippen molar-refractivity contribution in [3.63, 3.8) is 0 Å². The Bertz CT molecular complexity index is 264. The van der Waals surface area contributed by atoms with Crippen LogP contribution < -0.4 is 11.3 Å². The molecule has 3 nitrogen and oxygen atoms in total. The Morgan fingerprint density at radius 3 is 2.81 bits per heavy atom. The number of aryl methyl sites for hydroxylation is 1. The van der Waals surface area contributed by atoms with E-state index in [0.29, 0.717) is 0 Å². The van der Waals surface area contributed by atoms with Gasteiger partial charge < -0.3 is 4.74 Å². The standard InChI is InChI=1S/C12H22N2OS/c1-3-12(15-4-2)11(14-13)8-7-10-6-5-9-16-10/h5-6,9,11-12,14H,3-4,7-8,13H2,1-2H3. The van der Waals surface area contributed by atoms with Crippen LogP contribution in [-0.4, -0.2) is 18.8 Å². The van der Waals surface area contributed by atoms with E-state index >= 15 is 0 Å². The zero-order valence-electron chi connectivity index (χ0n) is 10.1. The van der Waals surface area contributed by atoms with E-state index in [1.807, 2.05) is 6.92 Å². The van der Waals surface area contributed by atoms with Gasteiger partial charge in [-0.05, 0) is 37.6 Å². The first kappa shape index (κ1) is 13.6. The predicted octanol–water partition coefficient (Wildman–Crippen LogP) is 2.33. The van der Waals surface area contributed by atoms with Gasteiger partial charge in [0.05, 0.1) is 6.10 Å². The molecule has 92 valence electrons. The van der Waals surface area contributed by atoms with E-state index in [4.69, 9.17) is 10.6 Å². The minimum absolute atomic E-state index is 0.218. The van der Waals surface area contributed by atoms with Crippen LogP contribution in [0.5, 0.6) is 0 Å². The van der Waals surface area contributed by atoms with Crippen molar-refractivity contribution in [1.29, 1.82) is 0 Å². The number of hydrazine groups is 1. The number of hydrogen-bond donors (Lipinski definition) is 2. The first-order valence-electron chi connectivity index (χ1n) is 5.91. The first-order chi connectivity index (χ1) is 7.81. The molecule has 1 aromatic rings. The molecule has 16 heavy (non-hydrogen) atoms. The van der Waals surface area contributed by atoms with Gasteiger partial charge >= 0.3 is 0 Å². The number of nitrogens with one attached hydrogen (secondary N) is 1. The van der Waals surface area contributed by atoms with Gasteiger partial charge in [0.2, 0.25) is 0 Å². The van der Waals surface area contributed by atoms with Crippen LogP contribution in [0.25, 0.3) is 0 Å². The molecule has 0 aliphatic rings. The largest absolute Gasteiger partial charge is 0.377 e. The number of ether oxygens (including phenoxy) is 1. The van der Waals surface area contributed by atoms with E-state index in [1.165, 1.54) is 4.88 Å². The van der Waals surface area contributed by atoms with Gasteiger partial charge in [-0.15, -0.1) is 11.3 Å². The molecule has 0 aliphatic heterocycles. The Hall–Kier alpha value is -0.420. The molecule has 0 radical (unpaired) electrons. The Balaban J connectivity index is 2.40. The van der Waals surface area contributed by atoms with E-state index in [9.17, 15) is 0 Å². The summed E-state index contributed by atoms with van der Waals surface area (Å²) in [5.41, 5.74) is 2.88. The molecule has 1 heterocycles. The molecule has 0 amide bonds. The maximum atomic E-state index is 5.67. The molecule has 0 saturated carbocycles. The topological polar surface area (TPSA) is 47.3 Å². The van der Waals surface area contributed by atoms with Crippen LogP contribution in [0, 0.1) is 0 Å². The fraction of sp³-hybridized carbons (Fsp3) is 0.667. The van der Waals surface area contributed by atoms with E-state index < -0.39 is 0 Å². The number of nitrogens with two attached hydrogens (primary N) is 1. The second-order valence-electron chi connectivity index (χ2n) is 3.79. The molecule has 1 rings (SSSR count). The Morgan fingerprint density at radius 1 is 1.50 bits per heavy atom. The van der Waals surface area contributed by atoms with Crippen molar-refractivity contribution >= 4 is 11.3 Å². The Kier molecular flexibility index (Phi) is 6.64. The minimum Gasteiger partial charge on any atom is -0.377 e. The number of rotatable bonds is 8. The van der Waals surface area contributed by atoms with Gasteiger partial charge in [0.25, 0.3) is 0 Å². The summed E-state index contributed by atoms with van der Waals surface area (Å²) >= 11 is 1.80. The van der Waals surface area contributed by atoms with Gasteiger partial charge in [0, 0.05) is 17.5 Å². The van der Waals surface area contributed by atoms with Crippen LogP contribution in [0.15, 0.2) is 17.5 Å². The average Bonchev–Trinajstić information content (AvgIpc) is 2.81. The van der Waals surface area contributed by atoms with Gasteiger partial charge in [-0.3, -0.25) is 11.3 Å². The highest BCUT2D eigenvalue weighted by Gasteiger charge is 2.18. The molecule has 0 aromatic carbocycles. The van der Waals surface area contributed by atoms with Crippen LogP contribution in [0.4, 0.5) is 0 Å². The number of hydrogen-bond acceptors (Lipinski definition) is 4. The molecule has 0 spiro atoms. The number of thiophene rings is 1. The smallest absolute Gasteiger partial charge is 0.0738 e. The lowest BCUT2D eigenvalue weighted by Gasteiger charge is -2.25. The summed E-state index contributed by atoms with van der Waals surface area (Å²) in [6.45, 7) is 4.90. The predicted molar refractivity (Wildman–Crippen MR) is 69.5 cm³/mol. The molecule has 1 aromatic heterocycles. The van der Waals surface area contributed by atoms with Crippen molar-refractivity contribution in [2.45, 2.75) is 45.3 Å². The van der Waals surface area contributed by atoms with Crippen molar-refractivity contribution < 1.29 is 4.74 Å². The lowest BCUT2D eigenvalue weighted by atomic mass is 10.0. The molecular weight excluding hydrogens is 220 g/mol. The zero-order chi connectivity index (χ0) is 11.8. The summed E-state index contributed by atoms with van der Waals surface area (Å²) in [5, 5.41) is 2.11. The average molecular weight is 242 g/mol. The monoisotopic (exact) mass is 242 g/mol. The van der Waals surface area contributed by atoms with Crippen LogP contribution in [0.2, 0.25) is 0 Å². The maximum Gasteiger partial charge on any atom is 0.0738 e. The SMILES string of the molecule is CCOC(CC)C(CCc1cccs1)NN. The molecule has 0 fully saturated rings. The van der Waals surface area contributed by atoms with Crippen molar-refractivity contribution in [3.8, 4) is 0 Å². The first-order valence-corrected chi connectivity index (χ1v) is 6.79. The third kappa shape index (κ3) is 4.22. The van der Waals surface area contributed by atoms with E-state index in [2.05, 4.69) is 29.9 Å². The highest BCUT2D eigenvalue weighted by molar-refractivity contribution is 7.09. The van der Waals surface area contributed by atoms with Gasteiger partial charge in [0.1, 0.15) is 0 Å². The van der Waals surface area contributed by atoms with Crippen LogP contribution >= 0.6 is 11.3 Å². The quantitative estimate of drug-likeness (QED) is 0.543. The summed E-state index contributed by atoms with van der Waals surface area (Å²) in [4.78, 5) is 1.41. The lowest BCUT2D eigenvalue weighted by Crippen LogP contribution is -2.45. The second-order valence-corrected chi connectivity index (χ2v) is 4.83. The third-order valence-electron chi connectivity index (χ3n) is 2.73.